The fourth-order valence-corrected chi connectivity index (χ4v) is 8.09. The number of ether oxygens (including phenoxy) is 1. The Hall–Kier alpha value is -1.22. The molecule has 0 amide bonds. The minimum atomic E-state index is -1.09. The summed E-state index contributed by atoms with van der Waals surface area (Å²) in [7, 11) is 0. The fourth-order valence-electron chi connectivity index (χ4n) is 8.09. The molecule has 3 saturated carbocycles. The Bertz CT molecular complexity index is 786. The largest absolute Gasteiger partial charge is 0.393 e. The lowest BCUT2D eigenvalue weighted by atomic mass is 9.45. The molecule has 4 aliphatic carbocycles. The van der Waals surface area contributed by atoms with Gasteiger partial charge in [-0.15, -0.1) is 0 Å². The van der Waals surface area contributed by atoms with Gasteiger partial charge in [0.15, 0.2) is 5.78 Å². The van der Waals surface area contributed by atoms with E-state index in [4.69, 9.17) is 4.74 Å². The van der Waals surface area contributed by atoms with E-state index in [1.165, 1.54) is 5.57 Å². The van der Waals surface area contributed by atoms with Crippen molar-refractivity contribution in [3.05, 3.63) is 11.6 Å². The normalized spacial score (nSPS) is 56.0. The summed E-state index contributed by atoms with van der Waals surface area (Å²) in [6, 6.07) is 2.24. The molecule has 1 spiro atoms. The van der Waals surface area contributed by atoms with Gasteiger partial charge >= 0.3 is 0 Å². The Kier molecular flexibility index (Phi) is 3.46. The van der Waals surface area contributed by atoms with Crippen LogP contribution in [0.25, 0.3) is 0 Å². The Morgan fingerprint density at radius 3 is 2.74 bits per heavy atom. The van der Waals surface area contributed by atoms with Crippen molar-refractivity contribution in [3.8, 4) is 6.07 Å². The van der Waals surface area contributed by atoms with Gasteiger partial charge in [0.2, 0.25) is 5.60 Å². The number of fused-ring (bicyclic) bond motifs is 6. The predicted molar refractivity (Wildman–Crippen MR) is 97.3 cm³/mol. The van der Waals surface area contributed by atoms with Gasteiger partial charge < -0.3 is 14.9 Å². The Morgan fingerprint density at radius 2 is 2.07 bits per heavy atom. The molecule has 0 radical (unpaired) electrons. The Morgan fingerprint density at radius 1 is 1.30 bits per heavy atom. The lowest BCUT2D eigenvalue weighted by Crippen LogP contribution is -2.58. The second-order valence-corrected chi connectivity index (χ2v) is 10.1. The molecule has 4 fully saturated rings. The highest BCUT2D eigenvalue weighted by atomic mass is 16.6. The highest BCUT2D eigenvalue weighted by Crippen LogP contribution is 2.75. The van der Waals surface area contributed by atoms with E-state index in [9.17, 15) is 20.3 Å². The lowest BCUT2D eigenvalue weighted by Gasteiger charge is -2.59. The molecule has 1 aliphatic heterocycles. The van der Waals surface area contributed by atoms with Gasteiger partial charge in [0, 0.05) is 11.8 Å². The molecule has 2 N–H and O–H groups in total. The molecule has 5 heteroatoms. The van der Waals surface area contributed by atoms with Gasteiger partial charge in [-0.05, 0) is 67.8 Å². The number of allylic oxidation sites excluding steroid dienone is 1. The average Bonchev–Trinajstić information content (AvgIpc) is 3.22. The SMILES string of the molecule is C[C@]12CCC(=O)C=C1CC[C@@H]1[C@@H]2[C@@H](O)C[C@@]2(C)[C@H]1CC[C@@]21OC1(C#N)CO. The topological polar surface area (TPSA) is 93.9 Å². The minimum absolute atomic E-state index is 0.0962. The summed E-state index contributed by atoms with van der Waals surface area (Å²) in [5.74, 6) is 1.17. The van der Waals surface area contributed by atoms with Crippen molar-refractivity contribution in [2.45, 2.75) is 76.1 Å². The summed E-state index contributed by atoms with van der Waals surface area (Å²) in [6.45, 7) is 4.15. The zero-order valence-corrected chi connectivity index (χ0v) is 16.2. The zero-order chi connectivity index (χ0) is 19.2. The van der Waals surface area contributed by atoms with Crippen LogP contribution in [-0.2, 0) is 9.53 Å². The number of aliphatic hydroxyl groups is 2. The maximum absolute atomic E-state index is 12.0. The summed E-state index contributed by atoms with van der Waals surface area (Å²) >= 11 is 0. The van der Waals surface area contributed by atoms with Crippen molar-refractivity contribution in [3.63, 3.8) is 0 Å². The van der Waals surface area contributed by atoms with Crippen molar-refractivity contribution in [1.82, 2.24) is 0 Å². The van der Waals surface area contributed by atoms with Crippen molar-refractivity contribution >= 4 is 5.78 Å². The fraction of sp³-hybridized carbons (Fsp3) is 0.818. The number of nitrogens with zero attached hydrogens (tertiary/aromatic N) is 1. The van der Waals surface area contributed by atoms with Crippen LogP contribution in [0.4, 0.5) is 0 Å². The Balaban J connectivity index is 1.54. The first-order chi connectivity index (χ1) is 12.8. The molecule has 8 atom stereocenters. The molecule has 146 valence electrons. The Labute approximate surface area is 160 Å². The second kappa shape index (κ2) is 5.23. The molecular weight excluding hydrogens is 342 g/mol. The molecule has 5 aliphatic rings. The molecule has 1 saturated heterocycles. The van der Waals surface area contributed by atoms with E-state index in [2.05, 4.69) is 19.9 Å². The van der Waals surface area contributed by atoms with Gasteiger partial charge in [-0.1, -0.05) is 19.4 Å². The van der Waals surface area contributed by atoms with Crippen LogP contribution in [0.2, 0.25) is 0 Å². The molecule has 27 heavy (non-hydrogen) atoms. The van der Waals surface area contributed by atoms with Gasteiger partial charge in [-0.2, -0.15) is 5.26 Å². The number of hydrogen-bond acceptors (Lipinski definition) is 5. The third-order valence-electron chi connectivity index (χ3n) is 9.38. The van der Waals surface area contributed by atoms with Crippen LogP contribution in [0.3, 0.4) is 0 Å². The standard InChI is InChI=1S/C22H29NO4/c1-19-7-5-14(25)9-13(19)3-4-15-16-6-8-22(21(11-23,12-24)27-22)20(16,2)10-17(26)18(15)19/h9,15-18,24,26H,3-8,10,12H2,1-2H3/t15-,16-,17-,18+,19-,20-,21?,22+/m0/s1. The molecule has 0 aromatic rings. The molecule has 5 nitrogen and oxygen atoms in total. The first-order valence-corrected chi connectivity index (χ1v) is 10.4. The van der Waals surface area contributed by atoms with Crippen LogP contribution in [0.15, 0.2) is 11.6 Å². The van der Waals surface area contributed by atoms with Crippen LogP contribution >= 0.6 is 0 Å². The minimum Gasteiger partial charge on any atom is -0.393 e. The van der Waals surface area contributed by atoms with Crippen LogP contribution < -0.4 is 0 Å². The number of rotatable bonds is 1. The van der Waals surface area contributed by atoms with Crippen molar-refractivity contribution in [2.24, 2.45) is 28.6 Å². The van der Waals surface area contributed by atoms with E-state index in [0.717, 1.165) is 32.1 Å². The summed E-state index contributed by atoms with van der Waals surface area (Å²) in [6.07, 6.45) is 7.11. The number of aliphatic hydroxyl groups excluding tert-OH is 2. The summed E-state index contributed by atoms with van der Waals surface area (Å²) in [5, 5.41) is 30.9. The van der Waals surface area contributed by atoms with E-state index < -0.39 is 17.3 Å². The van der Waals surface area contributed by atoms with Gasteiger partial charge in [0.1, 0.15) is 11.7 Å². The van der Waals surface area contributed by atoms with Crippen molar-refractivity contribution in [1.29, 1.82) is 5.26 Å². The van der Waals surface area contributed by atoms with E-state index >= 15 is 0 Å². The van der Waals surface area contributed by atoms with Crippen LogP contribution in [0, 0.1) is 39.9 Å². The highest BCUT2D eigenvalue weighted by Gasteiger charge is 2.83. The first-order valence-electron chi connectivity index (χ1n) is 10.4. The summed E-state index contributed by atoms with van der Waals surface area (Å²) < 4.78 is 6.02. The maximum Gasteiger partial charge on any atom is 0.207 e. The van der Waals surface area contributed by atoms with Crippen LogP contribution in [0.1, 0.15) is 58.8 Å². The predicted octanol–water partition coefficient (Wildman–Crippen LogP) is 2.51. The van der Waals surface area contributed by atoms with Crippen molar-refractivity contribution in [2.75, 3.05) is 6.61 Å². The quantitative estimate of drug-likeness (QED) is 0.691. The average molecular weight is 371 g/mol. The number of ketones is 1. The van der Waals surface area contributed by atoms with E-state index in [1.807, 2.05) is 6.08 Å². The summed E-state index contributed by atoms with van der Waals surface area (Å²) in [5.41, 5.74) is -0.849. The molecule has 1 unspecified atom stereocenters. The van der Waals surface area contributed by atoms with Crippen LogP contribution in [0.5, 0.6) is 0 Å². The molecule has 0 aromatic carbocycles. The molecule has 0 aromatic heterocycles. The summed E-state index contributed by atoms with van der Waals surface area (Å²) in [4.78, 5) is 12.0. The highest BCUT2D eigenvalue weighted by molar-refractivity contribution is 5.91. The third kappa shape index (κ3) is 1.88. The van der Waals surface area contributed by atoms with E-state index in [1.54, 1.807) is 0 Å². The van der Waals surface area contributed by atoms with Crippen molar-refractivity contribution < 1.29 is 19.7 Å². The molecular formula is C22H29NO4. The molecule has 1 heterocycles. The number of carbonyl (C=O) groups excluding carboxylic acids is 1. The van der Waals surface area contributed by atoms with E-state index in [0.29, 0.717) is 24.7 Å². The lowest BCUT2D eigenvalue weighted by molar-refractivity contribution is -0.136. The number of epoxide rings is 1. The molecule has 0 bridgehead atoms. The second-order valence-electron chi connectivity index (χ2n) is 10.1. The maximum atomic E-state index is 12.0. The third-order valence-corrected chi connectivity index (χ3v) is 9.38. The monoisotopic (exact) mass is 371 g/mol. The number of hydrogen-bond donors (Lipinski definition) is 2. The van der Waals surface area contributed by atoms with Gasteiger partial charge in [0.05, 0.1) is 12.7 Å². The number of carbonyl (C=O) groups is 1. The van der Waals surface area contributed by atoms with E-state index in [-0.39, 0.29) is 29.1 Å². The van der Waals surface area contributed by atoms with Crippen LogP contribution in [-0.4, -0.2) is 39.9 Å². The van der Waals surface area contributed by atoms with Gasteiger partial charge in [-0.3, -0.25) is 4.79 Å². The van der Waals surface area contributed by atoms with Gasteiger partial charge in [0.25, 0.3) is 0 Å². The van der Waals surface area contributed by atoms with Gasteiger partial charge in [-0.25, -0.2) is 0 Å². The smallest absolute Gasteiger partial charge is 0.207 e. The number of nitriles is 1. The zero-order valence-electron chi connectivity index (χ0n) is 16.2. The molecule has 5 rings (SSSR count). The first kappa shape index (κ1) is 17.8.